The lowest BCUT2D eigenvalue weighted by Gasteiger charge is -2.08. The maximum atomic E-state index is 13.1. The van der Waals surface area contributed by atoms with Crippen LogP contribution in [0.2, 0.25) is 0 Å². The molecule has 0 radical (unpaired) electrons. The van der Waals surface area contributed by atoms with Gasteiger partial charge in [0.2, 0.25) is 10.0 Å². The highest BCUT2D eigenvalue weighted by molar-refractivity contribution is 7.89. The van der Waals surface area contributed by atoms with Gasteiger partial charge in [-0.2, -0.15) is 4.72 Å². The molecule has 27 heavy (non-hydrogen) atoms. The zero-order chi connectivity index (χ0) is 19.9. The Balaban J connectivity index is 1.84. The molecule has 0 atom stereocenters. The van der Waals surface area contributed by atoms with Gasteiger partial charge in [-0.25, -0.2) is 12.8 Å². The number of esters is 1. The van der Waals surface area contributed by atoms with E-state index in [-0.39, 0.29) is 4.90 Å². The van der Waals surface area contributed by atoms with Crippen LogP contribution in [0.3, 0.4) is 0 Å². The van der Waals surface area contributed by atoms with Gasteiger partial charge in [-0.1, -0.05) is 6.07 Å². The average Bonchev–Trinajstić information content (AvgIpc) is 2.65. The van der Waals surface area contributed by atoms with Crippen molar-refractivity contribution in [2.75, 3.05) is 19.8 Å². The molecule has 0 saturated carbocycles. The highest BCUT2D eigenvalue weighted by Gasteiger charge is 2.17. The van der Waals surface area contributed by atoms with Crippen LogP contribution in [0.5, 0.6) is 5.75 Å². The Morgan fingerprint density at radius 2 is 1.81 bits per heavy atom. The summed E-state index contributed by atoms with van der Waals surface area (Å²) in [6.07, 6.45) is 0. The summed E-state index contributed by atoms with van der Waals surface area (Å²) < 4.78 is 49.1. The number of nitrogens with one attached hydrogen (secondary N) is 1. The van der Waals surface area contributed by atoms with Gasteiger partial charge in [0.15, 0.2) is 12.4 Å². The number of ketones is 1. The van der Waals surface area contributed by atoms with Crippen molar-refractivity contribution < 1.29 is 31.9 Å². The fourth-order valence-electron chi connectivity index (χ4n) is 2.06. The highest BCUT2D eigenvalue weighted by atomic mass is 32.2. The standard InChI is InChI=1S/C18H18FNO6S/c1-2-25-15-8-6-13(7-9-15)17(21)12-26-18(22)11-20-27(23,24)16-5-3-4-14(19)10-16/h3-10,20H,2,11-12H2,1H3. The maximum absolute atomic E-state index is 13.1. The predicted molar refractivity (Wildman–Crippen MR) is 94.5 cm³/mol. The van der Waals surface area contributed by atoms with E-state index in [2.05, 4.69) is 0 Å². The lowest BCUT2D eigenvalue weighted by molar-refractivity contribution is -0.141. The van der Waals surface area contributed by atoms with Gasteiger partial charge in [-0.05, 0) is 49.4 Å². The van der Waals surface area contributed by atoms with E-state index in [0.29, 0.717) is 17.9 Å². The molecule has 0 aliphatic heterocycles. The Hall–Kier alpha value is -2.78. The molecule has 144 valence electrons. The monoisotopic (exact) mass is 395 g/mol. The first-order chi connectivity index (χ1) is 12.8. The number of carbonyl (C=O) groups is 2. The first-order valence-electron chi connectivity index (χ1n) is 7.98. The zero-order valence-corrected chi connectivity index (χ0v) is 15.3. The van der Waals surface area contributed by atoms with Crippen molar-refractivity contribution >= 4 is 21.8 Å². The summed E-state index contributed by atoms with van der Waals surface area (Å²) in [7, 11) is -4.07. The Kier molecular flexibility index (Phi) is 7.03. The molecule has 0 spiro atoms. The lowest BCUT2D eigenvalue weighted by Crippen LogP contribution is -2.31. The molecule has 2 aromatic rings. The van der Waals surface area contributed by atoms with Crippen LogP contribution in [0.15, 0.2) is 53.4 Å². The van der Waals surface area contributed by atoms with Gasteiger partial charge in [0, 0.05) is 5.56 Å². The molecule has 2 rings (SSSR count). The van der Waals surface area contributed by atoms with Crippen LogP contribution in [0.25, 0.3) is 0 Å². The zero-order valence-electron chi connectivity index (χ0n) is 14.5. The van der Waals surface area contributed by atoms with Crippen molar-refractivity contribution in [1.82, 2.24) is 4.72 Å². The van der Waals surface area contributed by atoms with Crippen molar-refractivity contribution in [3.63, 3.8) is 0 Å². The van der Waals surface area contributed by atoms with Gasteiger partial charge in [0.05, 0.1) is 11.5 Å². The van der Waals surface area contributed by atoms with Gasteiger partial charge < -0.3 is 9.47 Å². The van der Waals surface area contributed by atoms with Crippen LogP contribution < -0.4 is 9.46 Å². The second-order valence-corrected chi connectivity index (χ2v) is 7.09. The number of ether oxygens (including phenoxy) is 2. The molecular weight excluding hydrogens is 377 g/mol. The summed E-state index contributed by atoms with van der Waals surface area (Å²) in [5, 5.41) is 0. The van der Waals surface area contributed by atoms with Gasteiger partial charge in [0.1, 0.15) is 18.1 Å². The molecule has 0 saturated heterocycles. The van der Waals surface area contributed by atoms with Crippen LogP contribution >= 0.6 is 0 Å². The minimum Gasteiger partial charge on any atom is -0.494 e. The summed E-state index contributed by atoms with van der Waals surface area (Å²) in [4.78, 5) is 23.3. The summed E-state index contributed by atoms with van der Waals surface area (Å²) in [6.45, 7) is 1.11. The van der Waals surface area contributed by atoms with Crippen molar-refractivity contribution in [2.24, 2.45) is 0 Å². The van der Waals surface area contributed by atoms with Crippen molar-refractivity contribution in [3.05, 3.63) is 59.9 Å². The fourth-order valence-corrected chi connectivity index (χ4v) is 3.06. The Labute approximate surface area is 156 Å². The van der Waals surface area contributed by atoms with E-state index in [0.717, 1.165) is 12.1 Å². The largest absolute Gasteiger partial charge is 0.494 e. The molecule has 2 aromatic carbocycles. The fraction of sp³-hybridized carbons (Fsp3) is 0.222. The summed E-state index contributed by atoms with van der Waals surface area (Å²) in [5.41, 5.74) is 0.326. The van der Waals surface area contributed by atoms with E-state index in [1.165, 1.54) is 24.3 Å². The molecule has 0 aliphatic rings. The minimum absolute atomic E-state index is 0.319. The van der Waals surface area contributed by atoms with Crippen molar-refractivity contribution in [2.45, 2.75) is 11.8 Å². The number of halogens is 1. The number of rotatable bonds is 9. The van der Waals surface area contributed by atoms with Crippen LogP contribution in [-0.2, 0) is 19.6 Å². The SMILES string of the molecule is CCOc1ccc(C(=O)COC(=O)CNS(=O)(=O)c2cccc(F)c2)cc1. The molecule has 0 amide bonds. The van der Waals surface area contributed by atoms with E-state index >= 15 is 0 Å². The quantitative estimate of drug-likeness (QED) is 0.515. The lowest BCUT2D eigenvalue weighted by atomic mass is 10.1. The smallest absolute Gasteiger partial charge is 0.321 e. The molecule has 0 heterocycles. The van der Waals surface area contributed by atoms with E-state index in [1.54, 1.807) is 12.1 Å². The maximum Gasteiger partial charge on any atom is 0.321 e. The Morgan fingerprint density at radius 3 is 2.44 bits per heavy atom. The molecule has 9 heteroatoms. The van der Waals surface area contributed by atoms with Crippen molar-refractivity contribution in [1.29, 1.82) is 0 Å². The third-order valence-electron chi connectivity index (χ3n) is 3.36. The molecule has 0 unspecified atom stereocenters. The summed E-state index contributed by atoms with van der Waals surface area (Å²) in [6, 6.07) is 10.6. The minimum atomic E-state index is -4.07. The van der Waals surface area contributed by atoms with Crippen LogP contribution in [-0.4, -0.2) is 39.9 Å². The first-order valence-corrected chi connectivity index (χ1v) is 9.47. The van der Waals surface area contributed by atoms with Crippen LogP contribution in [0, 0.1) is 5.82 Å². The predicted octanol–water partition coefficient (Wildman–Crippen LogP) is 1.93. The average molecular weight is 395 g/mol. The normalized spacial score (nSPS) is 11.0. The first kappa shape index (κ1) is 20.5. The Bertz CT molecular complexity index is 912. The van der Waals surface area contributed by atoms with Crippen LogP contribution in [0.1, 0.15) is 17.3 Å². The van der Waals surface area contributed by atoms with E-state index in [9.17, 15) is 22.4 Å². The number of carbonyl (C=O) groups excluding carboxylic acids is 2. The van der Waals surface area contributed by atoms with Crippen LogP contribution in [0.4, 0.5) is 4.39 Å². The molecule has 7 nitrogen and oxygen atoms in total. The number of sulfonamides is 1. The third kappa shape index (κ3) is 6.15. The summed E-state index contributed by atoms with van der Waals surface area (Å²) >= 11 is 0. The molecule has 0 aliphatic carbocycles. The topological polar surface area (TPSA) is 98.8 Å². The number of hydrogen-bond acceptors (Lipinski definition) is 6. The molecule has 0 bridgehead atoms. The van der Waals surface area contributed by atoms with Crippen molar-refractivity contribution in [3.8, 4) is 5.75 Å². The van der Waals surface area contributed by atoms with E-state index in [4.69, 9.17) is 9.47 Å². The Morgan fingerprint density at radius 1 is 1.11 bits per heavy atom. The molecular formula is C18H18FNO6S. The molecule has 0 aromatic heterocycles. The molecule has 0 fully saturated rings. The number of benzene rings is 2. The number of hydrogen-bond donors (Lipinski definition) is 1. The van der Waals surface area contributed by atoms with E-state index < -0.39 is 40.7 Å². The van der Waals surface area contributed by atoms with Gasteiger partial charge in [-0.3, -0.25) is 9.59 Å². The third-order valence-corrected chi connectivity index (χ3v) is 4.76. The molecule has 1 N–H and O–H groups in total. The summed E-state index contributed by atoms with van der Waals surface area (Å²) in [5.74, 6) is -1.49. The number of Topliss-reactive ketones (excluding diaryl/α,β-unsaturated/α-hetero) is 1. The second-order valence-electron chi connectivity index (χ2n) is 5.32. The second kappa shape index (κ2) is 9.24. The van der Waals surface area contributed by atoms with Gasteiger partial charge in [0.25, 0.3) is 0 Å². The highest BCUT2D eigenvalue weighted by Crippen LogP contribution is 2.13. The van der Waals surface area contributed by atoms with Gasteiger partial charge in [-0.15, -0.1) is 0 Å². The van der Waals surface area contributed by atoms with E-state index in [1.807, 2.05) is 11.6 Å². The van der Waals surface area contributed by atoms with Gasteiger partial charge >= 0.3 is 5.97 Å².